The summed E-state index contributed by atoms with van der Waals surface area (Å²) in [5, 5.41) is 0. The topological polar surface area (TPSA) is 78.5 Å². The van der Waals surface area contributed by atoms with Gasteiger partial charge in [0, 0.05) is 45.5 Å². The Hall–Kier alpha value is -3.33. The third-order valence-corrected chi connectivity index (χ3v) is 6.39. The van der Waals surface area contributed by atoms with Crippen molar-refractivity contribution in [2.24, 2.45) is 0 Å². The number of hydrogen-bond acceptors (Lipinski definition) is 7. The van der Waals surface area contributed by atoms with E-state index < -0.39 is 6.10 Å². The fraction of sp³-hybridized carbons (Fsp3) is 0.458. The van der Waals surface area contributed by atoms with Crippen LogP contribution in [0.2, 0.25) is 0 Å². The first-order chi connectivity index (χ1) is 16.2. The third kappa shape index (κ3) is 4.73. The lowest BCUT2D eigenvalue weighted by molar-refractivity contribution is -0.143. The molecule has 2 saturated heterocycles. The summed E-state index contributed by atoms with van der Waals surface area (Å²) in [5.74, 6) is 1.60. The van der Waals surface area contributed by atoms with Crippen LogP contribution in [0.1, 0.15) is 0 Å². The molecule has 1 atom stereocenters. The number of fused-ring (bicyclic) bond motifs is 1. The Kier molecular flexibility index (Phi) is 6.30. The van der Waals surface area contributed by atoms with Crippen molar-refractivity contribution in [1.82, 2.24) is 14.8 Å². The molecule has 0 aliphatic carbocycles. The van der Waals surface area contributed by atoms with Crippen LogP contribution >= 0.6 is 0 Å². The summed E-state index contributed by atoms with van der Waals surface area (Å²) in [5.41, 5.74) is 0.851. The fourth-order valence-electron chi connectivity index (χ4n) is 4.56. The standard InChI is InChI=1S/C24H29N5O4/c30-23(27-11-9-26(10-12-27)22-7-3-4-8-25-22)18-29-17-21(24(31)28-13-15-32-16-14-28)33-20-6-2-1-5-19(20)29/h1-8,21H,9-18H2/t21-/m0/s1. The predicted octanol–water partition coefficient (Wildman–Crippen LogP) is 0.857. The number of pyridine rings is 1. The third-order valence-electron chi connectivity index (χ3n) is 6.39. The monoisotopic (exact) mass is 451 g/mol. The Morgan fingerprint density at radius 2 is 1.67 bits per heavy atom. The molecular formula is C24H29N5O4. The Bertz CT molecular complexity index is 974. The highest BCUT2D eigenvalue weighted by Crippen LogP contribution is 2.33. The first kappa shape index (κ1) is 21.5. The van der Waals surface area contributed by atoms with Gasteiger partial charge in [0.15, 0.2) is 6.10 Å². The molecule has 0 radical (unpaired) electrons. The van der Waals surface area contributed by atoms with Gasteiger partial charge in [-0.05, 0) is 24.3 Å². The zero-order valence-corrected chi connectivity index (χ0v) is 18.6. The first-order valence-electron chi connectivity index (χ1n) is 11.5. The number of carbonyl (C=O) groups is 2. The Morgan fingerprint density at radius 3 is 2.42 bits per heavy atom. The summed E-state index contributed by atoms with van der Waals surface area (Å²) in [7, 11) is 0. The van der Waals surface area contributed by atoms with E-state index in [1.807, 2.05) is 52.3 Å². The molecule has 3 aliphatic heterocycles. The second-order valence-electron chi connectivity index (χ2n) is 8.45. The Morgan fingerprint density at radius 1 is 0.909 bits per heavy atom. The molecule has 9 nitrogen and oxygen atoms in total. The van der Waals surface area contributed by atoms with Gasteiger partial charge in [-0.3, -0.25) is 9.59 Å². The highest BCUT2D eigenvalue weighted by atomic mass is 16.5. The van der Waals surface area contributed by atoms with E-state index >= 15 is 0 Å². The minimum Gasteiger partial charge on any atom is -0.477 e. The molecule has 174 valence electrons. The van der Waals surface area contributed by atoms with Gasteiger partial charge in [0.25, 0.3) is 5.91 Å². The molecule has 2 fully saturated rings. The lowest BCUT2D eigenvalue weighted by Crippen LogP contribution is -2.55. The minimum absolute atomic E-state index is 0.0470. The molecule has 33 heavy (non-hydrogen) atoms. The van der Waals surface area contributed by atoms with Gasteiger partial charge in [-0.2, -0.15) is 0 Å². The van der Waals surface area contributed by atoms with Gasteiger partial charge in [-0.25, -0.2) is 4.98 Å². The van der Waals surface area contributed by atoms with Crippen molar-refractivity contribution < 1.29 is 19.1 Å². The lowest BCUT2D eigenvalue weighted by atomic mass is 10.1. The fourth-order valence-corrected chi connectivity index (χ4v) is 4.56. The van der Waals surface area contributed by atoms with Crippen LogP contribution in [0.15, 0.2) is 48.7 Å². The van der Waals surface area contributed by atoms with Crippen LogP contribution < -0.4 is 14.5 Å². The number of benzene rings is 1. The molecule has 0 saturated carbocycles. The molecule has 0 N–H and O–H groups in total. The van der Waals surface area contributed by atoms with Gasteiger partial charge < -0.3 is 29.1 Å². The van der Waals surface area contributed by atoms with E-state index in [2.05, 4.69) is 9.88 Å². The number of para-hydroxylation sites is 2. The van der Waals surface area contributed by atoms with Crippen LogP contribution in [-0.4, -0.2) is 98.3 Å². The summed E-state index contributed by atoms with van der Waals surface area (Å²) < 4.78 is 11.4. The van der Waals surface area contributed by atoms with Gasteiger partial charge in [0.05, 0.1) is 32.0 Å². The molecule has 2 aromatic rings. The highest BCUT2D eigenvalue weighted by molar-refractivity contribution is 5.86. The van der Waals surface area contributed by atoms with Crippen LogP contribution in [0, 0.1) is 0 Å². The maximum absolute atomic E-state index is 13.2. The van der Waals surface area contributed by atoms with Crippen molar-refractivity contribution in [3.05, 3.63) is 48.7 Å². The zero-order chi connectivity index (χ0) is 22.6. The second kappa shape index (κ2) is 9.66. The van der Waals surface area contributed by atoms with Gasteiger partial charge in [0.2, 0.25) is 5.91 Å². The normalized spacial score (nSPS) is 20.8. The van der Waals surface area contributed by atoms with E-state index in [0.717, 1.165) is 24.6 Å². The number of rotatable bonds is 4. The lowest BCUT2D eigenvalue weighted by Gasteiger charge is -2.40. The van der Waals surface area contributed by atoms with Crippen LogP contribution in [0.5, 0.6) is 5.75 Å². The maximum atomic E-state index is 13.2. The molecule has 0 bridgehead atoms. The largest absolute Gasteiger partial charge is 0.477 e. The number of anilines is 2. The number of hydrogen-bond donors (Lipinski definition) is 0. The molecule has 3 aliphatic rings. The van der Waals surface area contributed by atoms with Gasteiger partial charge >= 0.3 is 0 Å². The molecule has 0 spiro atoms. The minimum atomic E-state index is -0.633. The summed E-state index contributed by atoms with van der Waals surface area (Å²) >= 11 is 0. The highest BCUT2D eigenvalue weighted by Gasteiger charge is 2.35. The SMILES string of the molecule is O=C(CN1C[C@@H](C(=O)N2CCOCC2)Oc2ccccc21)N1CCN(c2ccccn2)CC1. The van der Waals surface area contributed by atoms with Gasteiger partial charge in [-0.15, -0.1) is 0 Å². The number of ether oxygens (including phenoxy) is 2. The average Bonchev–Trinajstić information content (AvgIpc) is 2.89. The van der Waals surface area contributed by atoms with E-state index in [-0.39, 0.29) is 18.4 Å². The van der Waals surface area contributed by atoms with Crippen molar-refractivity contribution in [3.63, 3.8) is 0 Å². The molecule has 4 heterocycles. The van der Waals surface area contributed by atoms with Gasteiger partial charge in [0.1, 0.15) is 11.6 Å². The molecule has 5 rings (SSSR count). The number of amides is 2. The van der Waals surface area contributed by atoms with E-state index in [9.17, 15) is 9.59 Å². The molecule has 1 aromatic carbocycles. The van der Waals surface area contributed by atoms with Crippen LogP contribution in [0.3, 0.4) is 0 Å². The number of carbonyl (C=O) groups excluding carboxylic acids is 2. The quantitative estimate of drug-likeness (QED) is 0.682. The zero-order valence-electron chi connectivity index (χ0n) is 18.6. The van der Waals surface area contributed by atoms with Crippen LogP contribution in [0.25, 0.3) is 0 Å². The van der Waals surface area contributed by atoms with E-state index in [1.165, 1.54) is 0 Å². The molecule has 1 aromatic heterocycles. The molecular weight excluding hydrogens is 422 g/mol. The summed E-state index contributed by atoms with van der Waals surface area (Å²) in [6, 6.07) is 13.5. The number of aromatic nitrogens is 1. The molecule has 0 unspecified atom stereocenters. The summed E-state index contributed by atoms with van der Waals surface area (Å²) in [6.07, 6.45) is 1.16. The number of nitrogens with zero attached hydrogens (tertiary/aromatic N) is 5. The first-order valence-corrected chi connectivity index (χ1v) is 11.5. The summed E-state index contributed by atoms with van der Waals surface area (Å²) in [4.78, 5) is 38.6. The smallest absolute Gasteiger partial charge is 0.265 e. The second-order valence-corrected chi connectivity index (χ2v) is 8.45. The Labute approximate surface area is 193 Å². The van der Waals surface area contributed by atoms with Gasteiger partial charge in [-0.1, -0.05) is 18.2 Å². The van der Waals surface area contributed by atoms with Crippen molar-refractivity contribution in [2.75, 3.05) is 75.4 Å². The Balaban J connectivity index is 1.24. The number of piperazine rings is 1. The van der Waals surface area contributed by atoms with Crippen molar-refractivity contribution in [2.45, 2.75) is 6.10 Å². The van der Waals surface area contributed by atoms with Crippen molar-refractivity contribution in [3.8, 4) is 5.75 Å². The van der Waals surface area contributed by atoms with Crippen molar-refractivity contribution in [1.29, 1.82) is 0 Å². The van der Waals surface area contributed by atoms with Crippen LogP contribution in [-0.2, 0) is 14.3 Å². The molecule has 2 amide bonds. The average molecular weight is 452 g/mol. The van der Waals surface area contributed by atoms with E-state index in [4.69, 9.17) is 9.47 Å². The van der Waals surface area contributed by atoms with Crippen LogP contribution in [0.4, 0.5) is 11.5 Å². The molecule has 9 heteroatoms. The van der Waals surface area contributed by atoms with E-state index in [1.54, 1.807) is 11.1 Å². The predicted molar refractivity (Wildman–Crippen MR) is 124 cm³/mol. The summed E-state index contributed by atoms with van der Waals surface area (Å²) in [6.45, 7) is 5.60. The maximum Gasteiger partial charge on any atom is 0.265 e. The van der Waals surface area contributed by atoms with Crippen molar-refractivity contribution >= 4 is 23.3 Å². The van der Waals surface area contributed by atoms with E-state index in [0.29, 0.717) is 51.7 Å². The number of morpholine rings is 1.